The van der Waals surface area contributed by atoms with E-state index in [2.05, 4.69) is 283 Å². The first-order valence-corrected chi connectivity index (χ1v) is 24.3. The van der Waals surface area contributed by atoms with Gasteiger partial charge in [-0.2, -0.15) is 0 Å². The Bertz CT molecular complexity index is 3620. The van der Waals surface area contributed by atoms with Crippen molar-refractivity contribution in [3.05, 3.63) is 248 Å². The number of hydrogen-bond donors (Lipinski definition) is 0. The van der Waals surface area contributed by atoms with Crippen LogP contribution in [0.4, 0.5) is 17.1 Å². The summed E-state index contributed by atoms with van der Waals surface area (Å²) in [5.74, 6) is 0. The molecule has 11 rings (SSSR count). The van der Waals surface area contributed by atoms with Crippen LogP contribution < -0.4 is 4.90 Å². The lowest BCUT2D eigenvalue weighted by atomic mass is 9.78. The number of anilines is 3. The molecule has 0 aliphatic heterocycles. The molecule has 1 heteroatoms. The minimum absolute atomic E-state index is 0.00789. The van der Waals surface area contributed by atoms with E-state index < -0.39 is 0 Å². The van der Waals surface area contributed by atoms with Crippen LogP contribution in [-0.4, -0.2) is 0 Å². The number of para-hydroxylation sites is 1. The summed E-state index contributed by atoms with van der Waals surface area (Å²) in [5, 5.41) is 7.51. The fraction of sp³-hybridized carbons (Fsp3) is 0.118. The Kier molecular flexibility index (Phi) is 11.1. The Labute approximate surface area is 408 Å². The lowest BCUT2D eigenvalue weighted by molar-refractivity contribution is 0.569. The zero-order chi connectivity index (χ0) is 47.3. The molecule has 0 radical (unpaired) electrons. The molecule has 0 saturated heterocycles. The molecule has 0 unspecified atom stereocenters. The van der Waals surface area contributed by atoms with Crippen molar-refractivity contribution < 1.29 is 0 Å². The summed E-state index contributed by atoms with van der Waals surface area (Å²) in [7, 11) is 0. The van der Waals surface area contributed by atoms with Crippen molar-refractivity contribution >= 4 is 49.4 Å². The van der Waals surface area contributed by atoms with Gasteiger partial charge in [0.1, 0.15) is 0 Å². The first kappa shape index (κ1) is 43.6. The molecule has 0 aliphatic rings. The predicted octanol–water partition coefficient (Wildman–Crippen LogP) is 19.5. The third-order valence-corrected chi connectivity index (χ3v) is 14.0. The monoisotopic (exact) mass is 887 g/mol. The van der Waals surface area contributed by atoms with Gasteiger partial charge in [-0.15, -0.1) is 0 Å². The van der Waals surface area contributed by atoms with E-state index in [0.717, 1.165) is 17.1 Å². The molecule has 0 bridgehead atoms. The molecule has 11 aromatic carbocycles. The van der Waals surface area contributed by atoms with Gasteiger partial charge in [-0.25, -0.2) is 0 Å². The average Bonchev–Trinajstić information content (AvgIpc) is 3.38. The SMILES string of the molecule is CC(C)(C)c1cc(-c2cccc3cccc(-c4ccccc4N(c4ccc(-c5ccc(-c6ccccc6)cc5)cc4)c4cccc(-c5cccc6c5ccc5ccccc56)c4)c23)cc(C(C)(C)C)c1. The van der Waals surface area contributed by atoms with Gasteiger partial charge in [-0.3, -0.25) is 0 Å². The van der Waals surface area contributed by atoms with Crippen LogP contribution in [0, 0.1) is 0 Å². The van der Waals surface area contributed by atoms with E-state index in [1.165, 1.54) is 99.1 Å². The molecular formula is C68H57N. The van der Waals surface area contributed by atoms with E-state index in [1.54, 1.807) is 0 Å². The highest BCUT2D eigenvalue weighted by molar-refractivity contribution is 6.12. The van der Waals surface area contributed by atoms with Gasteiger partial charge in [0.05, 0.1) is 5.69 Å². The molecule has 0 atom stereocenters. The number of benzene rings is 11. The molecule has 0 heterocycles. The number of hydrogen-bond acceptors (Lipinski definition) is 1. The minimum Gasteiger partial charge on any atom is -0.310 e. The molecule has 0 spiro atoms. The summed E-state index contributed by atoms with van der Waals surface area (Å²) in [6.45, 7) is 13.9. The third kappa shape index (κ3) is 8.40. The Balaban J connectivity index is 1.09. The molecule has 334 valence electrons. The fourth-order valence-electron chi connectivity index (χ4n) is 10.2. The summed E-state index contributed by atoms with van der Waals surface area (Å²) in [6.07, 6.45) is 0. The fourth-order valence-corrected chi connectivity index (χ4v) is 10.2. The third-order valence-electron chi connectivity index (χ3n) is 14.0. The van der Waals surface area contributed by atoms with Crippen LogP contribution in [0.3, 0.4) is 0 Å². The van der Waals surface area contributed by atoms with Crippen LogP contribution in [0.25, 0.3) is 88.0 Å². The van der Waals surface area contributed by atoms with Crippen LogP contribution in [0.5, 0.6) is 0 Å². The van der Waals surface area contributed by atoms with E-state index in [4.69, 9.17) is 0 Å². The second-order valence-electron chi connectivity index (χ2n) is 20.6. The normalized spacial score (nSPS) is 11.9. The largest absolute Gasteiger partial charge is 0.310 e. The van der Waals surface area contributed by atoms with Crippen LogP contribution >= 0.6 is 0 Å². The van der Waals surface area contributed by atoms with Gasteiger partial charge < -0.3 is 4.90 Å². The van der Waals surface area contributed by atoms with E-state index in [-0.39, 0.29) is 10.8 Å². The van der Waals surface area contributed by atoms with Crippen molar-refractivity contribution in [2.24, 2.45) is 0 Å². The van der Waals surface area contributed by atoms with Crippen molar-refractivity contribution in [2.45, 2.75) is 52.4 Å². The summed E-state index contributed by atoms with van der Waals surface area (Å²) in [6, 6.07) is 87.6. The maximum Gasteiger partial charge on any atom is 0.0540 e. The number of fused-ring (bicyclic) bond motifs is 4. The van der Waals surface area contributed by atoms with E-state index >= 15 is 0 Å². The van der Waals surface area contributed by atoms with Gasteiger partial charge in [0, 0.05) is 16.9 Å². The Hall–Kier alpha value is -8.00. The number of rotatable bonds is 8. The standard InChI is InChI=1S/C68H57N/c1-67(2,3)54-42-53(43-55(45-54)68(4,5)6)60-28-15-21-51-22-16-30-64(66(51)60)63-26-12-13-31-65(63)69(56-39-36-49(37-40-56)48-34-32-47(33-35-48)46-18-8-7-9-19-46)57-24-14-23-52(44-57)59-27-17-29-61-58-25-11-10-20-50(58)38-41-62(59)61/h7-45H,1-6H3. The lowest BCUT2D eigenvalue weighted by Gasteiger charge is -2.29. The van der Waals surface area contributed by atoms with Gasteiger partial charge >= 0.3 is 0 Å². The Morgan fingerprint density at radius 2 is 0.783 bits per heavy atom. The Morgan fingerprint density at radius 1 is 0.275 bits per heavy atom. The first-order valence-electron chi connectivity index (χ1n) is 24.3. The smallest absolute Gasteiger partial charge is 0.0540 e. The highest BCUT2D eigenvalue weighted by Gasteiger charge is 2.24. The van der Waals surface area contributed by atoms with Crippen molar-refractivity contribution in [1.29, 1.82) is 0 Å². The minimum atomic E-state index is -0.00789. The van der Waals surface area contributed by atoms with Gasteiger partial charge in [0.2, 0.25) is 0 Å². The van der Waals surface area contributed by atoms with Crippen LogP contribution in [0.2, 0.25) is 0 Å². The Morgan fingerprint density at radius 3 is 1.48 bits per heavy atom. The topological polar surface area (TPSA) is 3.24 Å². The molecule has 0 fully saturated rings. The van der Waals surface area contributed by atoms with Gasteiger partial charge in [-0.1, -0.05) is 248 Å². The number of nitrogens with zero attached hydrogens (tertiary/aromatic N) is 1. The second-order valence-corrected chi connectivity index (χ2v) is 20.6. The van der Waals surface area contributed by atoms with Crippen molar-refractivity contribution in [1.82, 2.24) is 0 Å². The highest BCUT2D eigenvalue weighted by atomic mass is 15.1. The molecule has 0 N–H and O–H groups in total. The van der Waals surface area contributed by atoms with Crippen molar-refractivity contribution in [2.75, 3.05) is 4.90 Å². The molecular weight excluding hydrogens is 831 g/mol. The average molecular weight is 888 g/mol. The van der Waals surface area contributed by atoms with Crippen LogP contribution in [0.1, 0.15) is 52.7 Å². The van der Waals surface area contributed by atoms with Gasteiger partial charge in [0.15, 0.2) is 0 Å². The molecule has 69 heavy (non-hydrogen) atoms. The van der Waals surface area contributed by atoms with Gasteiger partial charge in [0.25, 0.3) is 0 Å². The second kappa shape index (κ2) is 17.6. The molecule has 0 saturated carbocycles. The molecule has 0 aliphatic carbocycles. The van der Waals surface area contributed by atoms with Crippen molar-refractivity contribution in [3.63, 3.8) is 0 Å². The zero-order valence-electron chi connectivity index (χ0n) is 40.5. The van der Waals surface area contributed by atoms with E-state index in [0.29, 0.717) is 0 Å². The summed E-state index contributed by atoms with van der Waals surface area (Å²) in [5.41, 5.74) is 18.0. The van der Waals surface area contributed by atoms with Crippen LogP contribution in [0.15, 0.2) is 237 Å². The highest BCUT2D eigenvalue weighted by Crippen LogP contribution is 2.47. The maximum absolute atomic E-state index is 2.46. The molecule has 1 nitrogen and oxygen atoms in total. The van der Waals surface area contributed by atoms with E-state index in [1.807, 2.05) is 0 Å². The molecule has 11 aromatic rings. The summed E-state index contributed by atoms with van der Waals surface area (Å²) < 4.78 is 0. The lowest BCUT2D eigenvalue weighted by Crippen LogP contribution is -2.16. The summed E-state index contributed by atoms with van der Waals surface area (Å²) in [4.78, 5) is 2.46. The quantitative estimate of drug-likeness (QED) is 0.137. The van der Waals surface area contributed by atoms with Gasteiger partial charge in [-0.05, 0) is 135 Å². The zero-order valence-corrected chi connectivity index (χ0v) is 40.5. The maximum atomic E-state index is 2.46. The predicted molar refractivity (Wildman–Crippen MR) is 298 cm³/mol. The molecule has 0 aromatic heterocycles. The van der Waals surface area contributed by atoms with E-state index in [9.17, 15) is 0 Å². The first-order chi connectivity index (χ1) is 33.5. The van der Waals surface area contributed by atoms with Crippen molar-refractivity contribution in [3.8, 4) is 55.6 Å². The summed E-state index contributed by atoms with van der Waals surface area (Å²) >= 11 is 0. The molecule has 0 amide bonds. The van der Waals surface area contributed by atoms with Crippen LogP contribution in [-0.2, 0) is 10.8 Å².